The molecule has 1 atom stereocenters. The normalized spacial score (nSPS) is 22.8. The van der Waals surface area contributed by atoms with Crippen LogP contribution in [0, 0.1) is 0 Å². The Morgan fingerprint density at radius 3 is 2.60 bits per heavy atom. The molecule has 4 N–H and O–H groups in total. The first-order valence-electron chi connectivity index (χ1n) is 6.48. The third-order valence-corrected chi connectivity index (χ3v) is 4.57. The summed E-state index contributed by atoms with van der Waals surface area (Å²) < 4.78 is 0. The van der Waals surface area contributed by atoms with E-state index in [-0.39, 0.29) is 13.2 Å². The van der Waals surface area contributed by atoms with Crippen LogP contribution in [0.5, 0.6) is 0 Å². The van der Waals surface area contributed by atoms with Gasteiger partial charge in [-0.1, -0.05) is 17.7 Å². The van der Waals surface area contributed by atoms with E-state index in [2.05, 4.69) is 0 Å². The highest BCUT2D eigenvalue weighted by Gasteiger charge is 2.34. The summed E-state index contributed by atoms with van der Waals surface area (Å²) in [5.74, 6) is 0. The fourth-order valence-corrected chi connectivity index (χ4v) is 3.35. The molecule has 6 heteroatoms. The second kappa shape index (κ2) is 6.74. The van der Waals surface area contributed by atoms with Gasteiger partial charge in [0.1, 0.15) is 5.00 Å². The molecule has 2 rings (SSSR count). The number of nitrogens with zero attached hydrogens (tertiary/aromatic N) is 1. The number of alkyl halides is 1. The Morgan fingerprint density at radius 1 is 1.35 bits per heavy atom. The maximum Gasteiger partial charge on any atom is 0.119 e. The molecule has 0 aromatic carbocycles. The Hall–Kier alpha value is -0.850. The number of thiophene rings is 1. The van der Waals surface area contributed by atoms with Crippen molar-refractivity contribution in [3.63, 3.8) is 0 Å². The molecule has 0 radical (unpaired) electrons. The van der Waals surface area contributed by atoms with Gasteiger partial charge in [0, 0.05) is 30.8 Å². The molecule has 1 heterocycles. The summed E-state index contributed by atoms with van der Waals surface area (Å²) in [4.78, 5) is 1.11. The van der Waals surface area contributed by atoms with Crippen LogP contribution in [0.4, 0.5) is 0 Å². The highest BCUT2D eigenvalue weighted by Crippen LogP contribution is 2.37. The smallest absolute Gasteiger partial charge is 0.119 e. The van der Waals surface area contributed by atoms with Crippen molar-refractivity contribution in [1.82, 2.24) is 4.90 Å². The van der Waals surface area contributed by atoms with Crippen molar-refractivity contribution in [1.29, 1.82) is 0 Å². The highest BCUT2D eigenvalue weighted by molar-refractivity contribution is 7.08. The molecule has 20 heavy (non-hydrogen) atoms. The third kappa shape index (κ3) is 3.24. The molecule has 0 saturated heterocycles. The van der Waals surface area contributed by atoms with Crippen LogP contribution in [0.25, 0.3) is 5.57 Å². The van der Waals surface area contributed by atoms with Gasteiger partial charge in [-0.05, 0) is 28.5 Å². The number of nitrogens with two attached hydrogens (primary N) is 1. The van der Waals surface area contributed by atoms with Gasteiger partial charge in [-0.25, -0.2) is 0 Å². The predicted octanol–water partition coefficient (Wildman–Crippen LogP) is 1.60. The topological polar surface area (TPSA) is 69.7 Å². The first-order valence-corrected chi connectivity index (χ1v) is 7.80. The van der Waals surface area contributed by atoms with Gasteiger partial charge < -0.3 is 15.9 Å². The molecular formula is C14H19ClN2O2S. The van der Waals surface area contributed by atoms with E-state index < -0.39 is 5.00 Å². The minimum atomic E-state index is -0.758. The van der Waals surface area contributed by atoms with Gasteiger partial charge >= 0.3 is 0 Å². The molecule has 0 aliphatic heterocycles. The Labute approximate surface area is 127 Å². The maximum atomic E-state index is 9.17. The zero-order valence-electron chi connectivity index (χ0n) is 11.1. The molecule has 4 nitrogen and oxygen atoms in total. The number of halogens is 1. The van der Waals surface area contributed by atoms with E-state index in [1.54, 1.807) is 11.3 Å². The Morgan fingerprint density at radius 2 is 2.05 bits per heavy atom. The van der Waals surface area contributed by atoms with Crippen LogP contribution in [0.2, 0.25) is 0 Å². The van der Waals surface area contributed by atoms with Crippen molar-refractivity contribution in [2.24, 2.45) is 5.73 Å². The van der Waals surface area contributed by atoms with E-state index >= 15 is 0 Å². The average Bonchev–Trinajstić information content (AvgIpc) is 2.95. The minimum absolute atomic E-state index is 0.00467. The molecule has 1 aromatic heterocycles. The van der Waals surface area contributed by atoms with E-state index in [1.807, 2.05) is 33.9 Å². The molecule has 1 unspecified atom stereocenters. The molecule has 1 aliphatic carbocycles. The zero-order valence-corrected chi connectivity index (χ0v) is 12.7. The van der Waals surface area contributed by atoms with Crippen LogP contribution < -0.4 is 5.73 Å². The SMILES string of the molecule is NC1=CCC(Cl)(N(CCO)CCO)C=C1c1ccsc1. The van der Waals surface area contributed by atoms with Crippen LogP contribution in [-0.4, -0.2) is 46.4 Å². The van der Waals surface area contributed by atoms with E-state index in [0.29, 0.717) is 25.2 Å². The van der Waals surface area contributed by atoms with Crippen molar-refractivity contribution >= 4 is 28.5 Å². The Kier molecular flexibility index (Phi) is 5.23. The van der Waals surface area contributed by atoms with Crippen molar-refractivity contribution in [3.8, 4) is 0 Å². The van der Waals surface area contributed by atoms with Gasteiger partial charge in [-0.3, -0.25) is 4.90 Å². The van der Waals surface area contributed by atoms with Gasteiger partial charge in [0.2, 0.25) is 0 Å². The first kappa shape index (κ1) is 15.5. The van der Waals surface area contributed by atoms with Crippen LogP contribution in [-0.2, 0) is 0 Å². The Bertz CT molecular complexity index is 495. The summed E-state index contributed by atoms with van der Waals surface area (Å²) in [6.07, 6.45) is 4.38. The molecule has 0 saturated carbocycles. The fourth-order valence-electron chi connectivity index (χ4n) is 2.34. The number of aliphatic hydroxyl groups excluding tert-OH is 2. The number of rotatable bonds is 6. The largest absolute Gasteiger partial charge is 0.398 e. The second-order valence-electron chi connectivity index (χ2n) is 4.69. The number of allylic oxidation sites excluding steroid dienone is 1. The van der Waals surface area contributed by atoms with E-state index in [4.69, 9.17) is 27.5 Å². The Balaban J connectivity index is 2.32. The second-order valence-corrected chi connectivity index (χ2v) is 6.12. The summed E-state index contributed by atoms with van der Waals surface area (Å²) in [6.45, 7) is 0.807. The summed E-state index contributed by atoms with van der Waals surface area (Å²) in [6, 6.07) is 2.00. The molecule has 0 amide bonds. The van der Waals surface area contributed by atoms with Gasteiger partial charge in [0.05, 0.1) is 13.2 Å². The van der Waals surface area contributed by atoms with Crippen molar-refractivity contribution in [2.45, 2.75) is 11.4 Å². The van der Waals surface area contributed by atoms with Gasteiger partial charge in [0.25, 0.3) is 0 Å². The van der Waals surface area contributed by atoms with Gasteiger partial charge in [-0.2, -0.15) is 11.3 Å². The van der Waals surface area contributed by atoms with Crippen LogP contribution >= 0.6 is 22.9 Å². The van der Waals surface area contributed by atoms with E-state index in [1.165, 1.54) is 0 Å². The molecule has 0 fully saturated rings. The molecule has 0 bridgehead atoms. The fraction of sp³-hybridized carbons (Fsp3) is 0.429. The predicted molar refractivity (Wildman–Crippen MR) is 83.5 cm³/mol. The summed E-state index contributed by atoms with van der Waals surface area (Å²) in [5.41, 5.74) is 8.73. The maximum absolute atomic E-state index is 9.17. The first-order chi connectivity index (χ1) is 9.60. The third-order valence-electron chi connectivity index (χ3n) is 3.38. The molecule has 1 aromatic rings. The molecule has 1 aliphatic rings. The number of aliphatic hydroxyl groups is 2. The van der Waals surface area contributed by atoms with Crippen LogP contribution in [0.15, 0.2) is 34.7 Å². The molecular weight excluding hydrogens is 296 g/mol. The summed E-state index contributed by atoms with van der Waals surface area (Å²) >= 11 is 8.31. The number of hydrogen-bond donors (Lipinski definition) is 3. The van der Waals surface area contributed by atoms with Crippen LogP contribution in [0.1, 0.15) is 12.0 Å². The van der Waals surface area contributed by atoms with Crippen molar-refractivity contribution < 1.29 is 10.2 Å². The zero-order chi connectivity index (χ0) is 14.6. The van der Waals surface area contributed by atoms with Crippen molar-refractivity contribution in [3.05, 3.63) is 40.2 Å². The summed E-state index contributed by atoms with van der Waals surface area (Å²) in [7, 11) is 0. The van der Waals surface area contributed by atoms with Crippen molar-refractivity contribution in [2.75, 3.05) is 26.3 Å². The molecule has 0 spiro atoms. The summed E-state index contributed by atoms with van der Waals surface area (Å²) in [5, 5.41) is 22.4. The minimum Gasteiger partial charge on any atom is -0.398 e. The molecule has 110 valence electrons. The lowest BCUT2D eigenvalue weighted by Crippen LogP contribution is -2.46. The van der Waals surface area contributed by atoms with Gasteiger partial charge in [0.15, 0.2) is 0 Å². The lowest BCUT2D eigenvalue weighted by atomic mass is 9.94. The lowest BCUT2D eigenvalue weighted by Gasteiger charge is -2.38. The van der Waals surface area contributed by atoms with E-state index in [9.17, 15) is 0 Å². The number of hydrogen-bond acceptors (Lipinski definition) is 5. The quantitative estimate of drug-likeness (QED) is 0.551. The lowest BCUT2D eigenvalue weighted by molar-refractivity contribution is 0.122. The monoisotopic (exact) mass is 314 g/mol. The standard InChI is InChI=1S/C14H19ClN2O2S/c15-14(17(4-6-18)5-7-19)3-1-13(16)12(9-14)11-2-8-20-10-11/h1-2,8-10,18-19H,3-7,16H2. The average molecular weight is 315 g/mol. The van der Waals surface area contributed by atoms with Gasteiger partial charge in [-0.15, -0.1) is 0 Å². The van der Waals surface area contributed by atoms with Crippen LogP contribution in [0.3, 0.4) is 0 Å². The van der Waals surface area contributed by atoms with E-state index in [0.717, 1.165) is 11.1 Å². The highest BCUT2D eigenvalue weighted by atomic mass is 35.5.